The van der Waals surface area contributed by atoms with Crippen LogP contribution in [0.1, 0.15) is 275 Å². The first-order valence-corrected chi connectivity index (χ1v) is 94.9. The maximum Gasteiger partial charge on any atom is 0.662 e. The van der Waals surface area contributed by atoms with Crippen molar-refractivity contribution in [3.63, 3.8) is 0 Å². The molecular formula is C104H250N4O25Si14. The quantitative estimate of drug-likeness (QED) is 0.0181. The van der Waals surface area contributed by atoms with Crippen LogP contribution in [-0.2, 0) is 73.7 Å². The van der Waals surface area contributed by atoms with Crippen LogP contribution in [0.4, 0.5) is 0 Å². The lowest BCUT2D eigenvalue weighted by atomic mass is 9.64. The van der Waals surface area contributed by atoms with E-state index in [-0.39, 0.29) is 87.8 Å². The lowest BCUT2D eigenvalue weighted by Gasteiger charge is -2.54. The van der Waals surface area contributed by atoms with Crippen molar-refractivity contribution >= 4 is 120 Å². The molecule has 30 atom stereocenters. The van der Waals surface area contributed by atoms with E-state index < -0.39 is 170 Å². The molecule has 4 saturated heterocycles. The Labute approximate surface area is 923 Å². The highest BCUT2D eigenvalue weighted by Gasteiger charge is 2.72. The summed E-state index contributed by atoms with van der Waals surface area (Å²) < 4.78 is 113. The standard InChI is InChI=1S/C28H66O8Si6.C26H60O3Si3.C19H42O8Si3.C17H36O3.2C5H15NSi.2C2H7N.H2O3/c1-21-27(8)23(3)25(5)28(9)24(4)22(2)26(6,7)29-40(19,32-37(10,11)12)35-42(31-28,34-39(16,17)18)36-41(20,30-27)33-38(13,14)15;1-19-25(8,28-31(13,14)15)21(3)23(5)26(9,29-32(16,17)18)22(4)20(2)24(6,7)27-30(10,11)12;1-12-18(8)14(3)16(5)19(9)15(4)13(2)17(6,7)23-28(10,20)26-30(22,25-19)27-29(11,21)24-18;1-10-16(8,19)12(3)14(5)17(9,20)13(4)11(2)15(6,7)18;2*1-6(2)7(3,4)5;3*1-3-2/h22-25H,21H2,1-20H3;20-23H,19H2,1-18H3;13-16,20-22H,12H2,1-11H3;11-14,18-20H,10H2,1-9H3;2*1-5H3;2*3H,1-2H3;1-2H. The largest absolute Gasteiger partial charge is 0.662 e. The van der Waals surface area contributed by atoms with E-state index in [0.29, 0.717) is 36.5 Å². The highest BCUT2D eigenvalue weighted by atomic mass is 28.5. The second-order valence-electron chi connectivity index (χ2n) is 56.6. The van der Waals surface area contributed by atoms with Gasteiger partial charge in [-0.1, -0.05) is 183 Å². The number of hydrogen-bond acceptors (Lipinski definition) is 29. The Balaban J connectivity index is -0.000000578. The van der Waals surface area contributed by atoms with Crippen molar-refractivity contribution in [2.75, 3.05) is 56.4 Å². The third kappa shape index (κ3) is 50.4. The van der Waals surface area contributed by atoms with Gasteiger partial charge in [0.1, 0.15) is 16.5 Å². The van der Waals surface area contributed by atoms with E-state index in [9.17, 15) is 29.7 Å². The Bertz CT molecular complexity index is 3710. The minimum Gasteiger partial charge on any atom is -0.416 e. The first kappa shape index (κ1) is 157. The molecule has 29 nitrogen and oxygen atoms in total. The van der Waals surface area contributed by atoms with E-state index in [1.807, 2.05) is 124 Å². The Morgan fingerprint density at radius 1 is 0.347 bits per heavy atom. The fraction of sp³-hybridized carbons (Fsp3) is 1.00. The highest BCUT2D eigenvalue weighted by Crippen LogP contribution is 2.56. The SMILES string of the molecule is CCC(C)(O)C(C)C(C)C(C)(O)C(C)C(C)C(C)(C)O.CCC(C)(O[Si](C)(C)C)C(C)C(C)C(C)(O[Si](C)(C)C)C(C)C(C)C(C)(C)O[Si](C)(C)C.CCC1(C)O[Si](C)(O)O[Si]2(O)OC(C)(C(C)C(C)C(C)(C)O[Si](C)(O)O2)C(C)C1C.CCC1(C)O[Si](C)(O[Si](C)(C)C)O[Si]2(O[Si](C)(C)C)OC(C)(C(C)C(C)C(C)(C)O[Si](C)(O[Si](C)(C)C)O2)C(C)C1C.CN(C)[Si](C)(C)C.CN(C)[Si](C)(C)C.CNC.CNC.OOO. The molecule has 30 unspecified atom stereocenters. The zero-order chi connectivity index (χ0) is 120. The monoisotopic (exact) mass is 2350 g/mol. The average Bonchev–Trinajstić information content (AvgIpc) is 1.53. The molecular weight excluding hydrogens is 2100 g/mol. The van der Waals surface area contributed by atoms with Crippen LogP contribution in [0, 0.1) is 94.7 Å². The molecule has 0 aromatic rings. The highest BCUT2D eigenvalue weighted by molar-refractivity contribution is 6.89. The molecule has 4 heterocycles. The van der Waals surface area contributed by atoms with Gasteiger partial charge in [0.2, 0.25) is 0 Å². The second-order valence-corrected chi connectivity index (χ2v) is 109. The summed E-state index contributed by atoms with van der Waals surface area (Å²) in [4.78, 5) is 33.5. The zero-order valence-corrected chi connectivity index (χ0v) is 123. The summed E-state index contributed by atoms with van der Waals surface area (Å²) in [6, 6.07) is 0. The van der Waals surface area contributed by atoms with Gasteiger partial charge in [-0.05, 0) is 405 Å². The van der Waals surface area contributed by atoms with Crippen LogP contribution in [0.3, 0.4) is 0 Å². The van der Waals surface area contributed by atoms with Crippen molar-refractivity contribution in [3.8, 4) is 0 Å². The summed E-state index contributed by atoms with van der Waals surface area (Å²) >= 11 is 0. The average molecular weight is 2350 g/mol. The molecule has 4 aliphatic heterocycles. The number of aliphatic hydroxyl groups is 3. The van der Waals surface area contributed by atoms with Crippen molar-refractivity contribution < 1.29 is 114 Å². The summed E-state index contributed by atoms with van der Waals surface area (Å²) in [5.41, 5.74) is -7.27. The number of fused-ring (bicyclic) bond motifs is 4. The molecule has 0 radical (unpaired) electrons. The molecule has 0 saturated carbocycles. The predicted octanol–water partition coefficient (Wildman–Crippen LogP) is 25.8. The van der Waals surface area contributed by atoms with E-state index >= 15 is 0 Å². The Kier molecular flexibility index (Phi) is 61.9. The predicted molar refractivity (Wildman–Crippen MR) is 650 cm³/mol. The van der Waals surface area contributed by atoms with Crippen LogP contribution < -0.4 is 10.6 Å². The van der Waals surface area contributed by atoms with Crippen molar-refractivity contribution in [2.24, 2.45) is 94.7 Å². The zero-order valence-electron chi connectivity index (χ0n) is 109. The van der Waals surface area contributed by atoms with E-state index in [0.717, 1.165) is 12.8 Å². The van der Waals surface area contributed by atoms with Crippen LogP contribution in [0.5, 0.6) is 0 Å². The summed E-state index contributed by atoms with van der Waals surface area (Å²) in [6.45, 7) is 137. The molecule has 0 spiro atoms. The summed E-state index contributed by atoms with van der Waals surface area (Å²) in [7, 11) is -20.9. The fourth-order valence-electron chi connectivity index (χ4n) is 20.1. The van der Waals surface area contributed by atoms with Crippen molar-refractivity contribution in [2.45, 2.75) is 525 Å². The van der Waals surface area contributed by atoms with E-state index in [4.69, 9.17) is 79.2 Å². The van der Waals surface area contributed by atoms with E-state index in [1.165, 1.54) is 13.1 Å². The molecule has 0 amide bonds. The molecule has 147 heavy (non-hydrogen) atoms. The summed E-state index contributed by atoms with van der Waals surface area (Å²) in [5.74, 6) is 1.23. The van der Waals surface area contributed by atoms with Gasteiger partial charge in [-0.15, -0.1) is 0 Å². The van der Waals surface area contributed by atoms with Gasteiger partial charge in [0.15, 0.2) is 49.9 Å². The number of hydrogen-bond donors (Lipinski definition) is 10. The molecule has 0 aromatic heterocycles. The Morgan fingerprint density at radius 2 is 0.626 bits per heavy atom. The Morgan fingerprint density at radius 3 is 0.912 bits per heavy atom. The van der Waals surface area contributed by atoms with Crippen LogP contribution >= 0.6 is 0 Å². The van der Waals surface area contributed by atoms with Gasteiger partial charge in [0.25, 0.3) is 0 Å². The van der Waals surface area contributed by atoms with Crippen molar-refractivity contribution in [3.05, 3.63) is 0 Å². The molecule has 4 aliphatic rings. The maximum atomic E-state index is 11.5. The minimum atomic E-state index is -4.57. The third-order valence-electron chi connectivity index (χ3n) is 33.8. The number of nitrogens with one attached hydrogen (secondary N) is 2. The molecule has 0 aromatic carbocycles. The number of nitrogens with zero attached hydrogens (tertiary/aromatic N) is 2. The molecule has 4 fully saturated rings. The molecule has 892 valence electrons. The maximum absolute atomic E-state index is 11.5. The molecule has 0 aliphatic carbocycles. The van der Waals surface area contributed by atoms with Gasteiger partial charge in [-0.2, -0.15) is 0 Å². The van der Waals surface area contributed by atoms with Gasteiger partial charge in [-0.25, -0.2) is 10.5 Å². The van der Waals surface area contributed by atoms with Gasteiger partial charge < -0.3 is 118 Å². The van der Waals surface area contributed by atoms with Gasteiger partial charge in [0, 0.05) is 26.2 Å². The van der Waals surface area contributed by atoms with Crippen LogP contribution in [0.25, 0.3) is 0 Å². The first-order valence-electron chi connectivity index (χ1n) is 55.2. The second kappa shape index (κ2) is 57.8. The van der Waals surface area contributed by atoms with Gasteiger partial charge in [0.05, 0.1) is 67.2 Å². The molecule has 43 heteroatoms. The number of rotatable bonds is 30. The van der Waals surface area contributed by atoms with Crippen molar-refractivity contribution in [1.82, 2.24) is 19.8 Å². The van der Waals surface area contributed by atoms with E-state index in [2.05, 4.69) is 362 Å². The van der Waals surface area contributed by atoms with E-state index in [1.54, 1.807) is 13.8 Å². The normalized spacial score (nSPS) is 33.8. The minimum absolute atomic E-state index is 0.0287. The summed E-state index contributed by atoms with van der Waals surface area (Å²) in [5, 5.41) is 52.6. The molecule has 4 rings (SSSR count). The van der Waals surface area contributed by atoms with Crippen LogP contribution in [0.2, 0.25) is 183 Å². The van der Waals surface area contributed by atoms with Gasteiger partial charge >= 0.3 is 53.3 Å². The topological polar surface area (TPSA) is 349 Å². The Hall–Kier alpha value is 1.88. The lowest BCUT2D eigenvalue weighted by molar-refractivity contribution is -0.465. The third-order valence-corrected chi connectivity index (χ3v) is 68.7. The fourth-order valence-corrected chi connectivity index (χ4v) is 56.2. The van der Waals surface area contributed by atoms with Crippen LogP contribution in [0.15, 0.2) is 0 Å². The molecule has 4 bridgehead atoms. The lowest BCUT2D eigenvalue weighted by Crippen LogP contribution is -2.70. The molecule has 10 N–H and O–H groups in total. The van der Waals surface area contributed by atoms with Crippen molar-refractivity contribution in [1.29, 1.82) is 0 Å². The summed E-state index contributed by atoms with van der Waals surface area (Å²) in [6.07, 6.45) is 3.13. The van der Waals surface area contributed by atoms with Gasteiger partial charge in [-0.3, -0.25) is 0 Å². The van der Waals surface area contributed by atoms with Crippen LogP contribution in [-0.4, -0.2) is 293 Å². The smallest absolute Gasteiger partial charge is 0.416 e. The first-order chi connectivity index (χ1) is 64.2.